The van der Waals surface area contributed by atoms with E-state index >= 15 is 0 Å². The molecule has 0 aliphatic carbocycles. The number of nitrogens with one attached hydrogen (secondary N) is 2. The standard InChI is InChI=1S/C21H22ClF6N3O/c1-31(2)8-7-29-18(14-3-5-17(22)6-4-14)19(32)30-12-13-9-15(20(23,24)25)11-16(10-13)21(26,27)28/h3-6,9-11,18,29H,7-8,12H2,1-2H3,(H,30,32). The summed E-state index contributed by atoms with van der Waals surface area (Å²) < 4.78 is 78.3. The largest absolute Gasteiger partial charge is 0.416 e. The summed E-state index contributed by atoms with van der Waals surface area (Å²) in [5.74, 6) is -0.600. The van der Waals surface area contributed by atoms with E-state index in [1.165, 1.54) is 0 Å². The van der Waals surface area contributed by atoms with Crippen LogP contribution >= 0.6 is 11.6 Å². The van der Waals surface area contributed by atoms with Crippen LogP contribution in [-0.4, -0.2) is 38.0 Å². The molecule has 0 aliphatic heterocycles. The predicted octanol–water partition coefficient (Wildman–Crippen LogP) is 4.89. The maximum Gasteiger partial charge on any atom is 0.416 e. The van der Waals surface area contributed by atoms with Gasteiger partial charge in [0.05, 0.1) is 11.1 Å². The van der Waals surface area contributed by atoms with Gasteiger partial charge in [0.2, 0.25) is 5.91 Å². The summed E-state index contributed by atoms with van der Waals surface area (Å²) in [6.45, 7) is 0.501. The summed E-state index contributed by atoms with van der Waals surface area (Å²) in [6, 6.07) is 6.73. The van der Waals surface area contributed by atoms with Crippen LogP contribution < -0.4 is 10.6 Å². The average Bonchev–Trinajstić information content (AvgIpc) is 2.68. The van der Waals surface area contributed by atoms with E-state index in [1.807, 2.05) is 19.0 Å². The Morgan fingerprint density at radius 2 is 1.50 bits per heavy atom. The predicted molar refractivity (Wildman–Crippen MR) is 109 cm³/mol. The lowest BCUT2D eigenvalue weighted by Gasteiger charge is -2.21. The Bertz CT molecular complexity index is 881. The van der Waals surface area contributed by atoms with E-state index in [0.29, 0.717) is 35.8 Å². The fraction of sp³-hybridized carbons (Fsp3) is 0.381. The van der Waals surface area contributed by atoms with Crippen LogP contribution in [0.3, 0.4) is 0 Å². The van der Waals surface area contributed by atoms with E-state index in [0.717, 1.165) is 0 Å². The molecule has 32 heavy (non-hydrogen) atoms. The second kappa shape index (κ2) is 10.5. The summed E-state index contributed by atoms with van der Waals surface area (Å²) >= 11 is 5.87. The van der Waals surface area contributed by atoms with Crippen molar-refractivity contribution in [3.8, 4) is 0 Å². The van der Waals surface area contributed by atoms with E-state index in [4.69, 9.17) is 11.6 Å². The fourth-order valence-electron chi connectivity index (χ4n) is 2.86. The van der Waals surface area contributed by atoms with Gasteiger partial charge in [-0.2, -0.15) is 26.3 Å². The molecule has 0 fully saturated rings. The molecular formula is C21H22ClF6N3O. The number of halogens is 7. The molecule has 176 valence electrons. The Morgan fingerprint density at radius 3 is 1.97 bits per heavy atom. The molecule has 0 heterocycles. The average molecular weight is 482 g/mol. The van der Waals surface area contributed by atoms with Crippen LogP contribution in [0.15, 0.2) is 42.5 Å². The molecular weight excluding hydrogens is 460 g/mol. The molecule has 1 amide bonds. The van der Waals surface area contributed by atoms with Crippen molar-refractivity contribution in [1.29, 1.82) is 0 Å². The van der Waals surface area contributed by atoms with Gasteiger partial charge in [-0.15, -0.1) is 0 Å². The number of carbonyl (C=O) groups is 1. The van der Waals surface area contributed by atoms with E-state index in [2.05, 4.69) is 10.6 Å². The minimum absolute atomic E-state index is 0.0463. The number of likely N-dealkylation sites (N-methyl/N-ethyl adjacent to an activating group) is 1. The van der Waals surface area contributed by atoms with Crippen molar-refractivity contribution < 1.29 is 31.1 Å². The highest BCUT2D eigenvalue weighted by atomic mass is 35.5. The number of nitrogens with zero attached hydrogens (tertiary/aromatic N) is 1. The molecule has 2 rings (SSSR count). The van der Waals surface area contributed by atoms with Gasteiger partial charge in [-0.05, 0) is 55.6 Å². The number of amides is 1. The molecule has 11 heteroatoms. The Kier molecular flexibility index (Phi) is 8.55. The summed E-state index contributed by atoms with van der Waals surface area (Å²) in [4.78, 5) is 14.7. The molecule has 0 radical (unpaired) electrons. The summed E-state index contributed by atoms with van der Waals surface area (Å²) in [6.07, 6.45) is -9.92. The van der Waals surface area contributed by atoms with Gasteiger partial charge in [0.15, 0.2) is 0 Å². The first-order chi connectivity index (χ1) is 14.8. The zero-order valence-electron chi connectivity index (χ0n) is 17.2. The number of hydrogen-bond acceptors (Lipinski definition) is 3. The lowest BCUT2D eigenvalue weighted by Crippen LogP contribution is -2.39. The van der Waals surface area contributed by atoms with E-state index in [-0.39, 0.29) is 11.6 Å². The number of alkyl halides is 6. The first-order valence-corrected chi connectivity index (χ1v) is 9.85. The van der Waals surface area contributed by atoms with Crippen molar-refractivity contribution in [2.75, 3.05) is 27.2 Å². The Morgan fingerprint density at radius 1 is 0.969 bits per heavy atom. The number of rotatable bonds is 8. The molecule has 0 spiro atoms. The summed E-state index contributed by atoms with van der Waals surface area (Å²) in [5.41, 5.74) is -2.64. The number of hydrogen-bond donors (Lipinski definition) is 2. The smallest absolute Gasteiger partial charge is 0.350 e. The SMILES string of the molecule is CN(C)CCNC(C(=O)NCc1cc(C(F)(F)F)cc(C(F)(F)F)c1)c1ccc(Cl)cc1. The number of benzene rings is 2. The zero-order valence-corrected chi connectivity index (χ0v) is 18.0. The molecule has 2 aromatic rings. The molecule has 2 aromatic carbocycles. The second-order valence-corrected chi connectivity index (χ2v) is 7.81. The summed E-state index contributed by atoms with van der Waals surface area (Å²) in [5, 5.41) is 5.91. The van der Waals surface area contributed by atoms with Crippen molar-refractivity contribution in [1.82, 2.24) is 15.5 Å². The topological polar surface area (TPSA) is 44.4 Å². The third kappa shape index (κ3) is 7.68. The fourth-order valence-corrected chi connectivity index (χ4v) is 2.99. The molecule has 0 bridgehead atoms. The highest BCUT2D eigenvalue weighted by molar-refractivity contribution is 6.30. The van der Waals surface area contributed by atoms with Crippen molar-refractivity contribution in [2.45, 2.75) is 24.9 Å². The van der Waals surface area contributed by atoms with Gasteiger partial charge in [-0.3, -0.25) is 4.79 Å². The van der Waals surface area contributed by atoms with Crippen LogP contribution in [-0.2, 0) is 23.7 Å². The van der Waals surface area contributed by atoms with Gasteiger partial charge in [0.25, 0.3) is 0 Å². The van der Waals surface area contributed by atoms with Gasteiger partial charge >= 0.3 is 12.4 Å². The van der Waals surface area contributed by atoms with Crippen molar-refractivity contribution in [2.24, 2.45) is 0 Å². The van der Waals surface area contributed by atoms with Crippen molar-refractivity contribution >= 4 is 17.5 Å². The number of carbonyl (C=O) groups excluding carboxylic acids is 1. The van der Waals surface area contributed by atoms with Gasteiger partial charge in [0.1, 0.15) is 6.04 Å². The van der Waals surface area contributed by atoms with Gasteiger partial charge in [0, 0.05) is 24.7 Å². The minimum Gasteiger partial charge on any atom is -0.350 e. The highest BCUT2D eigenvalue weighted by Crippen LogP contribution is 2.36. The Balaban J connectivity index is 2.23. The van der Waals surface area contributed by atoms with Gasteiger partial charge in [-0.25, -0.2) is 0 Å². The zero-order chi connectivity index (χ0) is 24.1. The molecule has 4 nitrogen and oxygen atoms in total. The van der Waals surface area contributed by atoms with Crippen molar-refractivity contribution in [3.63, 3.8) is 0 Å². The molecule has 0 saturated carbocycles. The lowest BCUT2D eigenvalue weighted by atomic mass is 10.0. The van der Waals surface area contributed by atoms with E-state index in [1.54, 1.807) is 24.3 Å². The van der Waals surface area contributed by atoms with Crippen LogP contribution in [0.1, 0.15) is 28.3 Å². The quantitative estimate of drug-likeness (QED) is 0.528. The van der Waals surface area contributed by atoms with E-state index < -0.39 is 42.0 Å². The molecule has 2 N–H and O–H groups in total. The molecule has 1 atom stereocenters. The van der Waals surface area contributed by atoms with Crippen LogP contribution in [0.2, 0.25) is 5.02 Å². The molecule has 0 aromatic heterocycles. The maximum absolute atomic E-state index is 13.0. The van der Waals surface area contributed by atoms with Gasteiger partial charge in [-0.1, -0.05) is 23.7 Å². The van der Waals surface area contributed by atoms with Crippen LogP contribution in [0.25, 0.3) is 0 Å². The minimum atomic E-state index is -4.96. The first kappa shape index (κ1) is 26.0. The second-order valence-electron chi connectivity index (χ2n) is 7.37. The van der Waals surface area contributed by atoms with Crippen LogP contribution in [0, 0.1) is 0 Å². The Hall–Kier alpha value is -2.30. The highest BCUT2D eigenvalue weighted by Gasteiger charge is 2.37. The molecule has 0 saturated heterocycles. The first-order valence-electron chi connectivity index (χ1n) is 9.47. The van der Waals surface area contributed by atoms with Crippen LogP contribution in [0.4, 0.5) is 26.3 Å². The third-order valence-electron chi connectivity index (χ3n) is 4.49. The molecule has 0 aliphatic rings. The summed E-state index contributed by atoms with van der Waals surface area (Å²) in [7, 11) is 3.68. The molecule has 1 unspecified atom stereocenters. The van der Waals surface area contributed by atoms with Crippen molar-refractivity contribution in [3.05, 3.63) is 69.7 Å². The monoisotopic (exact) mass is 481 g/mol. The Labute approximate surface area is 186 Å². The van der Waals surface area contributed by atoms with Gasteiger partial charge < -0.3 is 15.5 Å². The van der Waals surface area contributed by atoms with E-state index in [9.17, 15) is 31.1 Å². The lowest BCUT2D eigenvalue weighted by molar-refractivity contribution is -0.143. The maximum atomic E-state index is 13.0. The normalized spacial score (nSPS) is 13.3. The van der Waals surface area contributed by atoms with Crippen LogP contribution in [0.5, 0.6) is 0 Å². The third-order valence-corrected chi connectivity index (χ3v) is 4.74.